The molecule has 0 rings (SSSR count). The van der Waals surface area contributed by atoms with E-state index in [0.29, 0.717) is 5.84 Å². The molecule has 0 aliphatic rings. The van der Waals surface area contributed by atoms with Crippen LogP contribution in [-0.2, 0) is 0 Å². The van der Waals surface area contributed by atoms with Gasteiger partial charge < -0.3 is 10.6 Å². The van der Waals surface area contributed by atoms with Crippen molar-refractivity contribution in [1.82, 2.24) is 10.6 Å². The second-order valence-electron chi connectivity index (χ2n) is 5.59. The molecule has 0 aromatic carbocycles. The third kappa shape index (κ3) is 15.0. The lowest BCUT2D eigenvalue weighted by Crippen LogP contribution is -2.39. The largest absolute Gasteiger partial charge is 0.356 e. The molecule has 0 saturated carbocycles. The molecule has 0 radical (unpaired) electrons. The van der Waals surface area contributed by atoms with E-state index in [0.717, 1.165) is 13.0 Å². The van der Waals surface area contributed by atoms with E-state index in [9.17, 15) is 0 Å². The molecule has 0 aromatic rings. The highest BCUT2D eigenvalue weighted by Gasteiger charge is 1.96. The van der Waals surface area contributed by atoms with Gasteiger partial charge in [-0.25, -0.2) is 0 Å². The van der Waals surface area contributed by atoms with Crippen LogP contribution in [0.2, 0.25) is 0 Å². The van der Waals surface area contributed by atoms with Crippen molar-refractivity contribution in [3.63, 3.8) is 0 Å². The molecule has 0 saturated heterocycles. The van der Waals surface area contributed by atoms with Crippen LogP contribution in [0.5, 0.6) is 0 Å². The zero-order chi connectivity index (χ0) is 15.1. The summed E-state index contributed by atoms with van der Waals surface area (Å²) in [4.78, 5) is 0. The molecule has 118 valence electrons. The summed E-state index contributed by atoms with van der Waals surface area (Å²) < 4.78 is 0. The highest BCUT2D eigenvalue weighted by atomic mass is 15.1. The molecule has 0 aromatic heterocycles. The lowest BCUT2D eigenvalue weighted by Gasteiger charge is -2.08. The summed E-state index contributed by atoms with van der Waals surface area (Å²) in [6.07, 6.45) is 14.7. The van der Waals surface area contributed by atoms with Gasteiger partial charge in [-0.05, 0) is 13.3 Å². The third-order valence-electron chi connectivity index (χ3n) is 3.39. The Hall–Kier alpha value is -1.06. The van der Waals surface area contributed by atoms with E-state index in [1.165, 1.54) is 64.2 Å². The van der Waals surface area contributed by atoms with E-state index in [2.05, 4.69) is 17.6 Å². The van der Waals surface area contributed by atoms with Crippen molar-refractivity contribution in [1.29, 1.82) is 10.8 Å². The van der Waals surface area contributed by atoms with Gasteiger partial charge in [0.2, 0.25) is 0 Å². The van der Waals surface area contributed by atoms with Gasteiger partial charge in [-0.15, -0.1) is 0 Å². The number of rotatable bonds is 12. The predicted molar refractivity (Wildman–Crippen MR) is 88.7 cm³/mol. The average molecular weight is 282 g/mol. The van der Waals surface area contributed by atoms with Gasteiger partial charge in [-0.3, -0.25) is 10.8 Å². The predicted octanol–water partition coefficient (Wildman–Crippen LogP) is 4.41. The molecule has 0 aliphatic heterocycles. The summed E-state index contributed by atoms with van der Waals surface area (Å²) in [6, 6.07) is 0. The van der Waals surface area contributed by atoms with Crippen LogP contribution in [0.4, 0.5) is 0 Å². The molecule has 20 heavy (non-hydrogen) atoms. The first-order valence-electron chi connectivity index (χ1n) is 8.31. The van der Waals surface area contributed by atoms with Crippen molar-refractivity contribution in [2.45, 2.75) is 84.5 Å². The number of nitrogens with one attached hydrogen (secondary N) is 4. The van der Waals surface area contributed by atoms with Crippen LogP contribution < -0.4 is 10.6 Å². The monoisotopic (exact) mass is 282 g/mol. The summed E-state index contributed by atoms with van der Waals surface area (Å²) in [5.41, 5.74) is 0. The minimum Gasteiger partial charge on any atom is -0.356 e. The maximum atomic E-state index is 7.50. The first-order valence-corrected chi connectivity index (χ1v) is 8.31. The Morgan fingerprint density at radius 3 is 1.65 bits per heavy atom. The maximum absolute atomic E-state index is 7.50. The minimum absolute atomic E-state index is 0.240. The van der Waals surface area contributed by atoms with Gasteiger partial charge in [0, 0.05) is 6.54 Å². The van der Waals surface area contributed by atoms with E-state index in [1.807, 2.05) is 0 Å². The van der Waals surface area contributed by atoms with Crippen molar-refractivity contribution in [3.8, 4) is 0 Å². The molecule has 0 heterocycles. The Bertz CT molecular complexity index is 251. The quantitative estimate of drug-likeness (QED) is 0.243. The zero-order valence-corrected chi connectivity index (χ0v) is 13.5. The molecule has 0 atom stereocenters. The van der Waals surface area contributed by atoms with E-state index in [4.69, 9.17) is 10.8 Å². The van der Waals surface area contributed by atoms with Gasteiger partial charge >= 0.3 is 0 Å². The van der Waals surface area contributed by atoms with Crippen molar-refractivity contribution in [2.24, 2.45) is 0 Å². The lowest BCUT2D eigenvalue weighted by molar-refractivity contribution is 0.548. The second-order valence-corrected chi connectivity index (χ2v) is 5.59. The van der Waals surface area contributed by atoms with Gasteiger partial charge in [0.15, 0.2) is 5.96 Å². The summed E-state index contributed by atoms with van der Waals surface area (Å²) in [5.74, 6) is 0.547. The number of hydrogen-bond donors (Lipinski definition) is 4. The van der Waals surface area contributed by atoms with Crippen molar-refractivity contribution in [3.05, 3.63) is 0 Å². The summed E-state index contributed by atoms with van der Waals surface area (Å²) in [5, 5.41) is 20.3. The van der Waals surface area contributed by atoms with Crippen LogP contribution in [0.25, 0.3) is 0 Å². The lowest BCUT2D eigenvalue weighted by atomic mass is 10.1. The number of amidine groups is 1. The fourth-order valence-corrected chi connectivity index (χ4v) is 2.23. The SMILES string of the molecule is CCCCCCCCCCCCCNC(=N)NC(C)=N. The van der Waals surface area contributed by atoms with Crippen molar-refractivity contribution >= 4 is 11.8 Å². The van der Waals surface area contributed by atoms with Gasteiger partial charge in [-0.2, -0.15) is 0 Å². The third-order valence-corrected chi connectivity index (χ3v) is 3.39. The number of hydrogen-bond acceptors (Lipinski definition) is 2. The Kier molecular flexibility index (Phi) is 13.6. The normalized spacial score (nSPS) is 10.3. The van der Waals surface area contributed by atoms with Gasteiger partial charge in [-0.1, -0.05) is 71.1 Å². The molecule has 4 N–H and O–H groups in total. The summed E-state index contributed by atoms with van der Waals surface area (Å²) in [6.45, 7) is 4.73. The molecule has 0 unspecified atom stereocenters. The topological polar surface area (TPSA) is 71.8 Å². The van der Waals surface area contributed by atoms with E-state index in [-0.39, 0.29) is 5.96 Å². The van der Waals surface area contributed by atoms with E-state index < -0.39 is 0 Å². The van der Waals surface area contributed by atoms with E-state index >= 15 is 0 Å². The number of unbranched alkanes of at least 4 members (excludes halogenated alkanes) is 10. The van der Waals surface area contributed by atoms with E-state index in [1.54, 1.807) is 6.92 Å². The molecule has 0 amide bonds. The second kappa shape index (κ2) is 14.4. The average Bonchev–Trinajstić information content (AvgIpc) is 2.39. The fourth-order valence-electron chi connectivity index (χ4n) is 2.23. The zero-order valence-electron chi connectivity index (χ0n) is 13.5. The molecule has 0 bridgehead atoms. The van der Waals surface area contributed by atoms with Crippen LogP contribution in [-0.4, -0.2) is 18.3 Å². The molecule has 4 nitrogen and oxygen atoms in total. The highest BCUT2D eigenvalue weighted by molar-refractivity contribution is 5.95. The van der Waals surface area contributed by atoms with Crippen molar-refractivity contribution in [2.75, 3.05) is 6.54 Å². The molecule has 0 aliphatic carbocycles. The summed E-state index contributed by atoms with van der Waals surface area (Å²) in [7, 11) is 0. The maximum Gasteiger partial charge on any atom is 0.193 e. The van der Waals surface area contributed by atoms with Gasteiger partial charge in [0.1, 0.15) is 0 Å². The Labute approximate surface area is 125 Å². The standard InChI is InChI=1S/C16H34N4/c1-3-4-5-6-7-8-9-10-11-12-13-14-19-16(18)20-15(2)17/h3-14H2,1-2H3,(H4,17,18,19,20). The molecular formula is C16H34N4. The van der Waals surface area contributed by atoms with Crippen LogP contribution in [0.15, 0.2) is 0 Å². The Morgan fingerprint density at radius 1 is 0.750 bits per heavy atom. The smallest absolute Gasteiger partial charge is 0.193 e. The first kappa shape index (κ1) is 18.9. The fraction of sp³-hybridized carbons (Fsp3) is 0.875. The van der Waals surface area contributed by atoms with Crippen LogP contribution in [0, 0.1) is 10.8 Å². The summed E-state index contributed by atoms with van der Waals surface area (Å²) >= 11 is 0. The molecular weight excluding hydrogens is 248 g/mol. The molecule has 0 fully saturated rings. The van der Waals surface area contributed by atoms with Crippen molar-refractivity contribution < 1.29 is 0 Å². The van der Waals surface area contributed by atoms with Gasteiger partial charge in [0.25, 0.3) is 0 Å². The molecule has 4 heteroatoms. The highest BCUT2D eigenvalue weighted by Crippen LogP contribution is 2.10. The van der Waals surface area contributed by atoms with Crippen LogP contribution in [0.3, 0.4) is 0 Å². The van der Waals surface area contributed by atoms with Crippen LogP contribution in [0.1, 0.15) is 84.5 Å². The Balaban J connectivity index is 3.09. The first-order chi connectivity index (χ1) is 9.66. The number of guanidine groups is 1. The molecule has 0 spiro atoms. The minimum atomic E-state index is 0.240. The van der Waals surface area contributed by atoms with Gasteiger partial charge in [0.05, 0.1) is 5.84 Å². The Morgan fingerprint density at radius 2 is 1.20 bits per heavy atom. The van der Waals surface area contributed by atoms with Crippen LogP contribution >= 0.6 is 0 Å².